The Morgan fingerprint density at radius 2 is 2.31 bits per heavy atom. The molecule has 0 aromatic heterocycles. The number of nitrogens with two attached hydrogens (primary N) is 1. The van der Waals surface area contributed by atoms with Gasteiger partial charge in [-0.1, -0.05) is 0 Å². The van der Waals surface area contributed by atoms with E-state index in [1.54, 1.807) is 11.0 Å². The van der Waals surface area contributed by atoms with Gasteiger partial charge in [-0.3, -0.25) is 4.79 Å². The highest BCUT2D eigenvalue weighted by atomic mass is 16.5. The average molecular weight is 220 g/mol. The van der Waals surface area contributed by atoms with E-state index in [0.29, 0.717) is 24.5 Å². The number of rotatable bonds is 3. The molecule has 1 aliphatic rings. The minimum Gasteiger partial charge on any atom is -0.492 e. The highest BCUT2D eigenvalue weighted by molar-refractivity contribution is 5.95. The van der Waals surface area contributed by atoms with Gasteiger partial charge < -0.3 is 15.4 Å². The van der Waals surface area contributed by atoms with Crippen LogP contribution in [0.25, 0.3) is 0 Å². The predicted octanol–water partition coefficient (Wildman–Crippen LogP) is 1.79. The van der Waals surface area contributed by atoms with E-state index in [0.717, 1.165) is 18.7 Å². The van der Waals surface area contributed by atoms with E-state index < -0.39 is 0 Å². The van der Waals surface area contributed by atoms with E-state index in [2.05, 4.69) is 0 Å². The molecule has 0 unspecified atom stereocenters. The Balaban J connectivity index is 2.23. The minimum atomic E-state index is 0.170. The number of benzene rings is 1. The van der Waals surface area contributed by atoms with Gasteiger partial charge in [-0.15, -0.1) is 0 Å². The van der Waals surface area contributed by atoms with Crippen LogP contribution in [-0.2, 0) is 4.79 Å². The third kappa shape index (κ3) is 1.96. The summed E-state index contributed by atoms with van der Waals surface area (Å²) < 4.78 is 5.35. The lowest BCUT2D eigenvalue weighted by Gasteiger charge is -2.17. The normalized spacial score (nSPS) is 15.6. The molecule has 1 heterocycles. The summed E-state index contributed by atoms with van der Waals surface area (Å²) in [6, 6.07) is 5.50. The van der Waals surface area contributed by atoms with Crippen molar-refractivity contribution >= 4 is 17.3 Å². The van der Waals surface area contributed by atoms with E-state index in [4.69, 9.17) is 10.5 Å². The molecule has 4 heteroatoms. The summed E-state index contributed by atoms with van der Waals surface area (Å²) in [4.78, 5) is 13.3. The maximum absolute atomic E-state index is 11.6. The van der Waals surface area contributed by atoms with Gasteiger partial charge in [0.1, 0.15) is 5.75 Å². The fourth-order valence-electron chi connectivity index (χ4n) is 1.91. The van der Waals surface area contributed by atoms with Crippen molar-refractivity contribution in [2.24, 2.45) is 0 Å². The molecule has 1 fully saturated rings. The molecule has 0 saturated carbocycles. The van der Waals surface area contributed by atoms with Crippen molar-refractivity contribution in [3.05, 3.63) is 18.2 Å². The second-order valence-electron chi connectivity index (χ2n) is 3.80. The van der Waals surface area contributed by atoms with Crippen molar-refractivity contribution in [3.63, 3.8) is 0 Å². The van der Waals surface area contributed by atoms with Gasteiger partial charge in [-0.25, -0.2) is 0 Å². The molecular weight excluding hydrogens is 204 g/mol. The number of anilines is 2. The minimum absolute atomic E-state index is 0.170. The lowest BCUT2D eigenvalue weighted by Crippen LogP contribution is -2.23. The molecule has 1 aliphatic heterocycles. The number of amides is 1. The Kier molecular flexibility index (Phi) is 2.99. The highest BCUT2D eigenvalue weighted by Crippen LogP contribution is 2.29. The largest absolute Gasteiger partial charge is 0.492 e. The van der Waals surface area contributed by atoms with Crippen LogP contribution >= 0.6 is 0 Å². The molecule has 2 N–H and O–H groups in total. The number of nitrogen functional groups attached to an aromatic ring is 1. The molecule has 16 heavy (non-hydrogen) atoms. The monoisotopic (exact) mass is 220 g/mol. The Morgan fingerprint density at radius 1 is 1.50 bits per heavy atom. The molecule has 1 aromatic carbocycles. The molecule has 2 rings (SSSR count). The second kappa shape index (κ2) is 4.43. The molecule has 1 saturated heterocycles. The quantitative estimate of drug-likeness (QED) is 0.790. The third-order valence-corrected chi connectivity index (χ3v) is 2.68. The highest BCUT2D eigenvalue weighted by Gasteiger charge is 2.22. The van der Waals surface area contributed by atoms with Crippen molar-refractivity contribution in [1.29, 1.82) is 0 Å². The zero-order valence-corrected chi connectivity index (χ0v) is 9.40. The first kappa shape index (κ1) is 10.8. The summed E-state index contributed by atoms with van der Waals surface area (Å²) in [5.41, 5.74) is 7.30. The Bertz CT molecular complexity index is 404. The van der Waals surface area contributed by atoms with Gasteiger partial charge in [0.2, 0.25) is 5.91 Å². The summed E-state index contributed by atoms with van der Waals surface area (Å²) in [6.45, 7) is 3.29. The van der Waals surface area contributed by atoms with Gasteiger partial charge in [-0.2, -0.15) is 0 Å². The van der Waals surface area contributed by atoms with Crippen molar-refractivity contribution in [1.82, 2.24) is 0 Å². The van der Waals surface area contributed by atoms with Crippen LogP contribution < -0.4 is 15.4 Å². The van der Waals surface area contributed by atoms with E-state index in [9.17, 15) is 4.79 Å². The molecule has 1 amide bonds. The summed E-state index contributed by atoms with van der Waals surface area (Å²) in [6.07, 6.45) is 1.55. The van der Waals surface area contributed by atoms with Crippen molar-refractivity contribution < 1.29 is 9.53 Å². The number of carbonyl (C=O) groups excluding carboxylic acids is 1. The molecule has 0 aliphatic carbocycles. The Morgan fingerprint density at radius 3 is 2.88 bits per heavy atom. The number of hydrogen-bond acceptors (Lipinski definition) is 3. The van der Waals surface area contributed by atoms with Crippen molar-refractivity contribution in [2.45, 2.75) is 19.8 Å². The van der Waals surface area contributed by atoms with Crippen LogP contribution in [0.4, 0.5) is 11.4 Å². The van der Waals surface area contributed by atoms with Crippen molar-refractivity contribution in [2.75, 3.05) is 23.8 Å². The lowest BCUT2D eigenvalue weighted by atomic mass is 10.2. The van der Waals surface area contributed by atoms with Crippen LogP contribution in [0, 0.1) is 0 Å². The first-order chi connectivity index (χ1) is 7.72. The van der Waals surface area contributed by atoms with Crippen LogP contribution in [0.2, 0.25) is 0 Å². The Labute approximate surface area is 95.0 Å². The maximum atomic E-state index is 11.6. The smallest absolute Gasteiger partial charge is 0.227 e. The molecular formula is C12H16N2O2. The first-order valence-corrected chi connectivity index (χ1v) is 5.55. The first-order valence-electron chi connectivity index (χ1n) is 5.55. The zero-order chi connectivity index (χ0) is 11.5. The summed E-state index contributed by atoms with van der Waals surface area (Å²) in [5.74, 6) is 0.849. The fraction of sp³-hybridized carbons (Fsp3) is 0.417. The van der Waals surface area contributed by atoms with Crippen LogP contribution in [-0.4, -0.2) is 19.1 Å². The van der Waals surface area contributed by atoms with E-state index in [1.165, 1.54) is 0 Å². The summed E-state index contributed by atoms with van der Waals surface area (Å²) >= 11 is 0. The van der Waals surface area contributed by atoms with E-state index in [1.807, 2.05) is 19.1 Å². The van der Waals surface area contributed by atoms with Gasteiger partial charge >= 0.3 is 0 Å². The van der Waals surface area contributed by atoms with Gasteiger partial charge in [0.25, 0.3) is 0 Å². The van der Waals surface area contributed by atoms with Crippen LogP contribution in [0.1, 0.15) is 19.8 Å². The number of hydrogen-bond donors (Lipinski definition) is 1. The van der Waals surface area contributed by atoms with Gasteiger partial charge in [0, 0.05) is 18.7 Å². The lowest BCUT2D eigenvalue weighted by molar-refractivity contribution is -0.117. The van der Waals surface area contributed by atoms with Gasteiger partial charge in [0.05, 0.1) is 12.3 Å². The SMILES string of the molecule is CCOc1ccc(N2CCCC2=O)cc1N. The number of nitrogens with zero attached hydrogens (tertiary/aromatic N) is 1. The van der Waals surface area contributed by atoms with Crippen LogP contribution in [0.5, 0.6) is 5.75 Å². The standard InChI is InChI=1S/C12H16N2O2/c1-2-16-11-6-5-9(8-10(11)13)14-7-3-4-12(14)15/h5-6,8H,2-4,7,13H2,1H3. The van der Waals surface area contributed by atoms with E-state index in [-0.39, 0.29) is 5.91 Å². The van der Waals surface area contributed by atoms with Crippen molar-refractivity contribution in [3.8, 4) is 5.75 Å². The summed E-state index contributed by atoms with van der Waals surface area (Å²) in [7, 11) is 0. The maximum Gasteiger partial charge on any atom is 0.227 e. The van der Waals surface area contributed by atoms with Crippen LogP contribution in [0.15, 0.2) is 18.2 Å². The predicted molar refractivity (Wildman–Crippen MR) is 63.6 cm³/mol. The van der Waals surface area contributed by atoms with Gasteiger partial charge in [-0.05, 0) is 31.5 Å². The number of carbonyl (C=O) groups is 1. The molecule has 1 aromatic rings. The molecule has 86 valence electrons. The summed E-state index contributed by atoms with van der Waals surface area (Å²) in [5, 5.41) is 0. The molecule has 4 nitrogen and oxygen atoms in total. The third-order valence-electron chi connectivity index (χ3n) is 2.68. The zero-order valence-electron chi connectivity index (χ0n) is 9.40. The number of ether oxygens (including phenoxy) is 1. The molecule has 0 bridgehead atoms. The molecule has 0 spiro atoms. The average Bonchev–Trinajstić information content (AvgIpc) is 2.68. The fourth-order valence-corrected chi connectivity index (χ4v) is 1.91. The second-order valence-corrected chi connectivity index (χ2v) is 3.80. The molecule has 0 radical (unpaired) electrons. The molecule has 0 atom stereocenters. The topological polar surface area (TPSA) is 55.6 Å². The van der Waals surface area contributed by atoms with Gasteiger partial charge in [0.15, 0.2) is 0 Å². The van der Waals surface area contributed by atoms with Crippen LogP contribution in [0.3, 0.4) is 0 Å². The van der Waals surface area contributed by atoms with E-state index >= 15 is 0 Å². The Hall–Kier alpha value is -1.71.